The predicted molar refractivity (Wildman–Crippen MR) is 360 cm³/mol. The van der Waals surface area contributed by atoms with Gasteiger partial charge in [-0.15, -0.1) is 0 Å². The van der Waals surface area contributed by atoms with Crippen LogP contribution in [0.1, 0.15) is 44.4 Å². The Balaban J connectivity index is 0.000000177. The van der Waals surface area contributed by atoms with Crippen LogP contribution >= 0.6 is 0 Å². The smallest absolute Gasteiger partial charge is 0.150 e. The summed E-state index contributed by atoms with van der Waals surface area (Å²) in [7, 11) is 4.44. The second kappa shape index (κ2) is 25.9. The minimum absolute atomic E-state index is 0. The number of ether oxygens (including phenoxy) is 2. The number of nitrogens with one attached hydrogen (secondary N) is 1. The molecule has 24 heteroatoms. The predicted octanol–water partition coefficient (Wildman–Crippen LogP) is 11.0. The van der Waals surface area contributed by atoms with Gasteiger partial charge >= 0.3 is 0 Å². The van der Waals surface area contributed by atoms with Crippen molar-refractivity contribution in [1.82, 2.24) is 68.6 Å². The molecule has 15 rings (SSSR count). The van der Waals surface area contributed by atoms with Gasteiger partial charge < -0.3 is 30.3 Å². The topological polar surface area (TPSA) is 246 Å². The molecule has 91 heavy (non-hydrogen) atoms. The minimum atomic E-state index is -1.31. The molecule has 0 amide bonds. The van der Waals surface area contributed by atoms with Crippen LogP contribution in [-0.2, 0) is 53.7 Å². The Morgan fingerprint density at radius 2 is 1.09 bits per heavy atom. The van der Waals surface area contributed by atoms with Crippen molar-refractivity contribution < 1.29 is 17.9 Å². The molecule has 2 atom stereocenters. The zero-order chi connectivity index (χ0) is 60.7. The van der Waals surface area contributed by atoms with E-state index >= 15 is 0 Å². The Bertz CT molecular complexity index is 4880. The lowest BCUT2D eigenvalue weighted by Crippen LogP contribution is -2.37. The molecule has 2 unspecified atom stereocenters. The number of hydrogen-bond acceptors (Lipinski definition) is 18. The first kappa shape index (κ1) is 60.8. The Morgan fingerprint density at radius 1 is 0.571 bits per heavy atom. The third kappa shape index (κ3) is 12.3. The van der Waals surface area contributed by atoms with Gasteiger partial charge in [-0.05, 0) is 109 Å². The molecule has 22 nitrogen and oxygen atoms in total. The number of rotatable bonds is 17. The van der Waals surface area contributed by atoms with Gasteiger partial charge in [-0.2, -0.15) is 10.2 Å². The number of fused-ring (bicyclic) bond motifs is 4. The van der Waals surface area contributed by atoms with Crippen molar-refractivity contribution in [2.24, 2.45) is 14.1 Å². The summed E-state index contributed by atoms with van der Waals surface area (Å²) in [5.74, 6) is 5.03. The van der Waals surface area contributed by atoms with Gasteiger partial charge in [-0.1, -0.05) is 27.0 Å². The molecule has 3 N–H and O–H groups in total. The third-order valence-corrected chi connectivity index (χ3v) is 18.8. The molecule has 0 aliphatic carbocycles. The number of pyridine rings is 4. The van der Waals surface area contributed by atoms with Gasteiger partial charge in [0.25, 0.3) is 0 Å². The van der Waals surface area contributed by atoms with Crippen molar-refractivity contribution >= 4 is 88.7 Å². The van der Waals surface area contributed by atoms with Gasteiger partial charge in [0.05, 0.1) is 104 Å². The van der Waals surface area contributed by atoms with Gasteiger partial charge in [0.1, 0.15) is 47.4 Å². The number of benzene rings is 3. The first-order valence-corrected chi connectivity index (χ1v) is 31.5. The zero-order valence-corrected chi connectivity index (χ0v) is 50.8. The van der Waals surface area contributed by atoms with E-state index in [1.165, 1.54) is 19.2 Å². The summed E-state index contributed by atoms with van der Waals surface area (Å²) in [6.45, 7) is 4.57. The van der Waals surface area contributed by atoms with Crippen LogP contribution in [0, 0.1) is 0 Å². The van der Waals surface area contributed by atoms with Crippen molar-refractivity contribution in [3.05, 3.63) is 182 Å². The molecule has 0 radical (unpaired) electrons. The Morgan fingerprint density at radius 3 is 1.58 bits per heavy atom. The summed E-state index contributed by atoms with van der Waals surface area (Å²) in [5, 5.41) is 16.3. The van der Waals surface area contributed by atoms with Crippen molar-refractivity contribution in [1.29, 1.82) is 0 Å². The van der Waals surface area contributed by atoms with Crippen LogP contribution in [-0.4, -0.2) is 117 Å². The van der Waals surface area contributed by atoms with E-state index in [-0.39, 0.29) is 14.9 Å². The normalized spacial score (nSPS) is 13.4. The van der Waals surface area contributed by atoms with E-state index in [0.29, 0.717) is 46.7 Å². The molecule has 12 heterocycles. The molecule has 2 saturated heterocycles. The standard InChI is InChI=1S/C37H35N9O3S.C28H25N9OS.2CH4/c1-44-14-11-31(43-44)30-21-46(37-35(30)36(40-23-41-37)39-19-26-5-8-28(48-2)16-33(26)49-3)27-15-24(18-38-20-27)22-50(47)29-9-6-25-7-10-34(42-32(25)17-29)45-12-4-13-45;1-35-10-7-23(34-35)22-15-37(28-26(22)27(29)31-17-32-28)20-11-18(13-30-14-20)16-39(38)21-5-3-19-4-6-25(33-24(19)12-21)36-8-2-9-36;;/h5-11,14-18,20-21,23H,4,12-13,19,22H2,1-3H3,(H,39,40,41);3-7,10-15,17H,2,8-9,16H2,1H3,(H2,29,31,32);2*1H4. The maximum atomic E-state index is 13.7. The molecular weight excluding hydrogens is 1180 g/mol. The van der Waals surface area contributed by atoms with Gasteiger partial charge in [0.2, 0.25) is 0 Å². The summed E-state index contributed by atoms with van der Waals surface area (Å²) >= 11 is 0. The van der Waals surface area contributed by atoms with Crippen molar-refractivity contribution in [3.8, 4) is 45.4 Å². The Kier molecular flexibility index (Phi) is 17.3. The van der Waals surface area contributed by atoms with Gasteiger partial charge in [-0.25, -0.2) is 29.9 Å². The van der Waals surface area contributed by atoms with Crippen molar-refractivity contribution in [3.63, 3.8) is 0 Å². The summed E-state index contributed by atoms with van der Waals surface area (Å²) < 4.78 is 45.5. The van der Waals surface area contributed by atoms with E-state index in [1.54, 1.807) is 54.7 Å². The van der Waals surface area contributed by atoms with Crippen molar-refractivity contribution in [2.45, 2.75) is 55.5 Å². The number of methoxy groups -OCH3 is 2. The number of aromatic nitrogens is 14. The zero-order valence-electron chi connectivity index (χ0n) is 49.1. The second-order valence-corrected chi connectivity index (χ2v) is 24.7. The maximum absolute atomic E-state index is 13.7. The average molecular weight is 1250 g/mol. The summed E-state index contributed by atoms with van der Waals surface area (Å²) in [6.07, 6.45) is 20.1. The molecule has 3 aromatic carbocycles. The van der Waals surface area contributed by atoms with Crippen LogP contribution in [0.2, 0.25) is 0 Å². The van der Waals surface area contributed by atoms with Crippen LogP contribution in [0.5, 0.6) is 11.5 Å². The number of nitrogen functional groups attached to an aromatic ring is 1. The molecular formula is C67H68N18O4S2. The monoisotopic (exact) mass is 1250 g/mol. The lowest BCUT2D eigenvalue weighted by Gasteiger charge is -2.32. The fraction of sp³-hybridized carbons (Fsp3) is 0.224. The number of anilines is 4. The largest absolute Gasteiger partial charge is 0.497 e. The number of hydrogen-bond donors (Lipinski definition) is 2. The first-order chi connectivity index (χ1) is 43.5. The quantitative estimate of drug-likeness (QED) is 0.0860. The average Bonchev–Trinajstić information content (AvgIpc) is 1.64. The fourth-order valence-electron chi connectivity index (χ4n) is 11.1. The van der Waals surface area contributed by atoms with Gasteiger partial charge in [0.15, 0.2) is 11.3 Å². The van der Waals surface area contributed by atoms with E-state index in [9.17, 15) is 8.42 Å². The summed E-state index contributed by atoms with van der Waals surface area (Å²) in [6, 6.07) is 33.6. The molecule has 10 aromatic heterocycles. The minimum Gasteiger partial charge on any atom is -0.497 e. The maximum Gasteiger partial charge on any atom is 0.150 e. The lowest BCUT2D eigenvalue weighted by atomic mass is 10.1. The molecule has 462 valence electrons. The first-order valence-electron chi connectivity index (χ1n) is 28.9. The molecule has 2 aliphatic heterocycles. The van der Waals surface area contributed by atoms with Crippen LogP contribution < -0.4 is 30.3 Å². The Hall–Kier alpha value is -10.5. The van der Waals surface area contributed by atoms with Crippen LogP contribution in [0.3, 0.4) is 0 Å². The molecule has 2 fully saturated rings. The van der Waals surface area contributed by atoms with E-state index in [0.717, 1.165) is 137 Å². The molecule has 0 bridgehead atoms. The SMILES string of the molecule is C.C.COc1ccc(CNc2ncnc3c2c(-c2ccn(C)n2)cn3-c2cncc(CS(=O)c3ccc4ccc(N5CCC5)nc4c3)c2)c(OC)c1.Cn1ccc(-c2cn(-c3cncc(CS(=O)c4ccc5ccc(N6CCC6)nc5c4)c3)c3ncnc(N)c23)n1. The lowest BCUT2D eigenvalue weighted by molar-refractivity contribution is 0.391. The number of nitrogens with zero attached hydrogens (tertiary/aromatic N) is 16. The van der Waals surface area contributed by atoms with E-state index in [4.69, 9.17) is 35.3 Å². The van der Waals surface area contributed by atoms with Crippen LogP contribution in [0.25, 0.3) is 77.8 Å². The highest BCUT2D eigenvalue weighted by atomic mass is 32.2. The molecule has 13 aromatic rings. The Labute approximate surface area is 530 Å². The second-order valence-electron chi connectivity index (χ2n) is 21.8. The number of nitrogens with two attached hydrogens (primary N) is 1. The highest BCUT2D eigenvalue weighted by Crippen LogP contribution is 2.37. The molecule has 2 aliphatic rings. The molecule has 0 spiro atoms. The third-order valence-electron chi connectivity index (χ3n) is 16.0. The number of aryl methyl sites for hydroxylation is 2. The summed E-state index contributed by atoms with van der Waals surface area (Å²) in [5.41, 5.74) is 16.8. The highest BCUT2D eigenvalue weighted by Gasteiger charge is 2.23. The fourth-order valence-corrected chi connectivity index (χ4v) is 13.3. The van der Waals surface area contributed by atoms with Gasteiger partial charge in [-0.3, -0.25) is 36.9 Å². The van der Waals surface area contributed by atoms with Crippen LogP contribution in [0.4, 0.5) is 23.3 Å². The van der Waals surface area contributed by atoms with E-state index in [1.807, 2.05) is 127 Å². The van der Waals surface area contributed by atoms with Gasteiger partial charge in [0, 0.05) is 127 Å². The van der Waals surface area contributed by atoms with E-state index in [2.05, 4.69) is 69.4 Å². The molecule has 0 saturated carbocycles. The van der Waals surface area contributed by atoms with Crippen molar-refractivity contribution in [2.75, 3.05) is 61.2 Å². The van der Waals surface area contributed by atoms with Crippen LogP contribution in [0.15, 0.2) is 175 Å². The highest BCUT2D eigenvalue weighted by molar-refractivity contribution is 7.84. The summed E-state index contributed by atoms with van der Waals surface area (Å²) in [4.78, 5) is 42.7. The van der Waals surface area contributed by atoms with E-state index < -0.39 is 21.6 Å².